The Morgan fingerprint density at radius 3 is 2.38 bits per heavy atom. The second kappa shape index (κ2) is 11.2. The highest BCUT2D eigenvalue weighted by atomic mass is 16.3. The van der Waals surface area contributed by atoms with Crippen molar-refractivity contribution >= 4 is 22.8 Å². The van der Waals surface area contributed by atoms with E-state index in [-0.39, 0.29) is 41.9 Å². The van der Waals surface area contributed by atoms with Crippen molar-refractivity contribution in [2.45, 2.75) is 88.9 Å². The number of hydrogen-bond acceptors (Lipinski definition) is 6. The van der Waals surface area contributed by atoms with Crippen LogP contribution in [-0.4, -0.2) is 54.0 Å². The first-order valence-electron chi connectivity index (χ1n) is 13.4. The monoisotopic (exact) mass is 505 g/mol. The molecule has 2 saturated carbocycles. The van der Waals surface area contributed by atoms with Crippen LogP contribution in [0.25, 0.3) is 11.0 Å². The number of rotatable bonds is 7. The fraction of sp³-hybridized carbons (Fsp3) is 0.500. The van der Waals surface area contributed by atoms with E-state index in [4.69, 9.17) is 0 Å². The molecule has 0 saturated heterocycles. The summed E-state index contributed by atoms with van der Waals surface area (Å²) in [7, 11) is 0. The summed E-state index contributed by atoms with van der Waals surface area (Å²) in [5.41, 5.74) is 1.94. The quantitative estimate of drug-likeness (QED) is 0.414. The zero-order valence-corrected chi connectivity index (χ0v) is 21.1. The third-order valence-electron chi connectivity index (χ3n) is 7.75. The molecule has 5 rings (SSSR count). The van der Waals surface area contributed by atoms with Gasteiger partial charge in [-0.1, -0.05) is 61.9 Å². The second-order valence-electron chi connectivity index (χ2n) is 10.3. The van der Waals surface area contributed by atoms with Crippen molar-refractivity contribution in [3.63, 3.8) is 0 Å². The zero-order valence-electron chi connectivity index (χ0n) is 21.1. The number of carbonyl (C=O) groups is 2. The maximum Gasteiger partial charge on any atom is 0.247 e. The highest BCUT2D eigenvalue weighted by Crippen LogP contribution is 2.35. The maximum absolute atomic E-state index is 14.1. The first kappa shape index (κ1) is 25.0. The number of aromatic nitrogens is 3. The zero-order chi connectivity index (χ0) is 25.8. The molecule has 1 aromatic heterocycles. The largest absolute Gasteiger partial charge is 0.504 e. The Bertz CT molecular complexity index is 1250. The van der Waals surface area contributed by atoms with Crippen LogP contribution in [0.5, 0.6) is 11.5 Å². The van der Waals surface area contributed by atoms with Crippen molar-refractivity contribution in [2.24, 2.45) is 0 Å². The Morgan fingerprint density at radius 1 is 0.946 bits per heavy atom. The van der Waals surface area contributed by atoms with Crippen LogP contribution in [0.2, 0.25) is 0 Å². The van der Waals surface area contributed by atoms with Gasteiger partial charge >= 0.3 is 0 Å². The van der Waals surface area contributed by atoms with E-state index < -0.39 is 6.04 Å². The fourth-order valence-corrected chi connectivity index (χ4v) is 5.84. The minimum absolute atomic E-state index is 0.0473. The van der Waals surface area contributed by atoms with E-state index in [0.29, 0.717) is 11.1 Å². The number of para-hydroxylation sites is 1. The Morgan fingerprint density at radius 2 is 1.65 bits per heavy atom. The number of fused-ring (bicyclic) bond motifs is 1. The van der Waals surface area contributed by atoms with Crippen molar-refractivity contribution < 1.29 is 19.8 Å². The van der Waals surface area contributed by atoms with Gasteiger partial charge in [-0.25, -0.2) is 4.68 Å². The molecule has 1 heterocycles. The molecule has 3 N–H and O–H groups in total. The molecule has 0 spiro atoms. The van der Waals surface area contributed by atoms with E-state index in [0.717, 1.165) is 63.3 Å². The summed E-state index contributed by atoms with van der Waals surface area (Å²) >= 11 is 0. The number of aromatic hydroxyl groups is 2. The van der Waals surface area contributed by atoms with Crippen LogP contribution in [0.1, 0.15) is 75.8 Å². The molecule has 9 heteroatoms. The van der Waals surface area contributed by atoms with E-state index in [9.17, 15) is 19.8 Å². The summed E-state index contributed by atoms with van der Waals surface area (Å²) in [4.78, 5) is 29.7. The van der Waals surface area contributed by atoms with Crippen LogP contribution in [0, 0.1) is 0 Å². The average Bonchev–Trinajstić information content (AvgIpc) is 3.32. The lowest BCUT2D eigenvalue weighted by molar-refractivity contribution is -0.145. The smallest absolute Gasteiger partial charge is 0.247 e. The molecule has 196 valence electrons. The molecule has 2 fully saturated rings. The SMILES string of the molecule is O=C(NC1CCCCC1)[C@@H](c1ccc(O)c(O)c1)N(C(=O)Cn1nnc2ccccc21)C1CCCCC1. The third-order valence-corrected chi connectivity index (χ3v) is 7.75. The number of nitrogens with one attached hydrogen (secondary N) is 1. The van der Waals surface area contributed by atoms with E-state index in [2.05, 4.69) is 15.6 Å². The summed E-state index contributed by atoms with van der Waals surface area (Å²) < 4.78 is 1.58. The normalized spacial score (nSPS) is 17.9. The molecule has 37 heavy (non-hydrogen) atoms. The van der Waals surface area contributed by atoms with Crippen molar-refractivity contribution in [3.05, 3.63) is 48.0 Å². The van der Waals surface area contributed by atoms with Gasteiger partial charge in [-0.15, -0.1) is 5.10 Å². The number of benzene rings is 2. The predicted octanol–water partition coefficient (Wildman–Crippen LogP) is 4.19. The molecule has 2 aromatic carbocycles. The lowest BCUT2D eigenvalue weighted by Gasteiger charge is -2.40. The highest BCUT2D eigenvalue weighted by molar-refractivity contribution is 5.89. The van der Waals surface area contributed by atoms with Crippen LogP contribution >= 0.6 is 0 Å². The molecule has 9 nitrogen and oxygen atoms in total. The van der Waals surface area contributed by atoms with Gasteiger partial charge in [0.15, 0.2) is 11.5 Å². The summed E-state index contributed by atoms with van der Waals surface area (Å²) in [6.45, 7) is -0.0473. The molecular formula is C28H35N5O4. The molecular weight excluding hydrogens is 470 g/mol. The standard InChI is InChI=1S/C28H35N5O4/c34-24-16-15-19(17-25(24)35)27(28(37)29-20-9-3-1-4-10-20)33(21-11-5-2-6-12-21)26(36)18-32-23-14-8-7-13-22(23)30-31-32/h7-8,13-17,20-21,27,34-35H,1-6,9-12,18H2,(H,29,37)/t27-/m1/s1. The van der Waals surface area contributed by atoms with Gasteiger partial charge < -0.3 is 20.4 Å². The van der Waals surface area contributed by atoms with E-state index >= 15 is 0 Å². The van der Waals surface area contributed by atoms with Crippen molar-refractivity contribution in [1.29, 1.82) is 0 Å². The van der Waals surface area contributed by atoms with Gasteiger partial charge in [-0.05, 0) is 55.5 Å². The lowest BCUT2D eigenvalue weighted by Crippen LogP contribution is -2.52. The first-order chi connectivity index (χ1) is 18.0. The minimum atomic E-state index is -0.932. The lowest BCUT2D eigenvalue weighted by atomic mass is 9.90. The van der Waals surface area contributed by atoms with Gasteiger partial charge in [0.25, 0.3) is 0 Å². The highest BCUT2D eigenvalue weighted by Gasteiger charge is 2.38. The summed E-state index contributed by atoms with van der Waals surface area (Å²) in [6.07, 6.45) is 9.83. The summed E-state index contributed by atoms with van der Waals surface area (Å²) in [6, 6.07) is 10.9. The minimum Gasteiger partial charge on any atom is -0.504 e. The Balaban J connectivity index is 1.52. The van der Waals surface area contributed by atoms with Gasteiger partial charge in [-0.3, -0.25) is 9.59 Å². The third kappa shape index (κ3) is 5.55. The van der Waals surface area contributed by atoms with Gasteiger partial charge in [0.2, 0.25) is 11.8 Å². The van der Waals surface area contributed by atoms with Crippen LogP contribution in [0.3, 0.4) is 0 Å². The van der Waals surface area contributed by atoms with E-state index in [1.165, 1.54) is 18.6 Å². The number of hydrogen-bond donors (Lipinski definition) is 3. The number of amides is 2. The van der Waals surface area contributed by atoms with Gasteiger partial charge in [0, 0.05) is 12.1 Å². The van der Waals surface area contributed by atoms with Gasteiger partial charge in [0.05, 0.1) is 5.52 Å². The topological polar surface area (TPSA) is 121 Å². The second-order valence-corrected chi connectivity index (χ2v) is 10.3. The summed E-state index contributed by atoms with van der Waals surface area (Å²) in [5, 5.41) is 31.8. The Kier molecular flexibility index (Phi) is 7.58. The van der Waals surface area contributed by atoms with Crippen molar-refractivity contribution in [3.8, 4) is 11.5 Å². The van der Waals surface area contributed by atoms with Crippen LogP contribution in [0.4, 0.5) is 0 Å². The number of nitrogens with zero attached hydrogens (tertiary/aromatic N) is 4. The Hall–Kier alpha value is -3.62. The molecule has 2 aliphatic carbocycles. The Labute approximate surface area is 216 Å². The average molecular weight is 506 g/mol. The molecule has 3 aromatic rings. The maximum atomic E-state index is 14.1. The molecule has 0 aliphatic heterocycles. The van der Waals surface area contributed by atoms with E-state index in [1.807, 2.05) is 24.3 Å². The van der Waals surface area contributed by atoms with Crippen molar-refractivity contribution in [2.75, 3.05) is 0 Å². The van der Waals surface area contributed by atoms with Crippen LogP contribution in [0.15, 0.2) is 42.5 Å². The first-order valence-corrected chi connectivity index (χ1v) is 13.4. The molecule has 2 aliphatic rings. The summed E-state index contributed by atoms with van der Waals surface area (Å²) in [5.74, 6) is -1.05. The van der Waals surface area contributed by atoms with Crippen LogP contribution in [-0.2, 0) is 16.1 Å². The van der Waals surface area contributed by atoms with Crippen molar-refractivity contribution in [1.82, 2.24) is 25.2 Å². The van der Waals surface area contributed by atoms with Gasteiger partial charge in [-0.2, -0.15) is 0 Å². The molecule has 0 bridgehead atoms. The fourth-order valence-electron chi connectivity index (χ4n) is 5.84. The van der Waals surface area contributed by atoms with Crippen LogP contribution < -0.4 is 5.32 Å². The molecule has 0 radical (unpaired) electrons. The number of phenols is 2. The predicted molar refractivity (Wildman–Crippen MR) is 139 cm³/mol. The molecule has 2 amide bonds. The van der Waals surface area contributed by atoms with E-state index in [1.54, 1.807) is 15.6 Å². The molecule has 1 atom stereocenters. The number of carbonyl (C=O) groups excluding carboxylic acids is 2. The van der Waals surface area contributed by atoms with Gasteiger partial charge in [0.1, 0.15) is 18.1 Å². The molecule has 0 unspecified atom stereocenters. The number of phenolic OH excluding ortho intramolecular Hbond substituents is 2.